The summed E-state index contributed by atoms with van der Waals surface area (Å²) in [6.45, 7) is 2.07. The van der Waals surface area contributed by atoms with E-state index in [1.807, 2.05) is 12.1 Å². The van der Waals surface area contributed by atoms with Crippen molar-refractivity contribution >= 4 is 0 Å². The highest BCUT2D eigenvalue weighted by atomic mass is 19.3. The van der Waals surface area contributed by atoms with Crippen molar-refractivity contribution in [2.45, 2.75) is 45.0 Å². The lowest BCUT2D eigenvalue weighted by Gasteiger charge is -2.41. The van der Waals surface area contributed by atoms with Crippen molar-refractivity contribution in [1.29, 1.82) is 0 Å². The number of alkyl halides is 2. The maximum atomic E-state index is 12.3. The Morgan fingerprint density at radius 1 is 1.00 bits per heavy atom. The summed E-state index contributed by atoms with van der Waals surface area (Å²) in [5.74, 6) is 1.78. The fourth-order valence-electron chi connectivity index (χ4n) is 4.72. The van der Waals surface area contributed by atoms with Gasteiger partial charge in [-0.3, -0.25) is 9.80 Å². The maximum Gasteiger partial charge on any atom is 0.387 e. The number of likely N-dealkylation sites (tertiary alicyclic amines) is 1. The van der Waals surface area contributed by atoms with E-state index in [0.717, 1.165) is 62.6 Å². The monoisotopic (exact) mass is 432 g/mol. The van der Waals surface area contributed by atoms with Crippen LogP contribution in [0.15, 0.2) is 36.4 Å². The maximum absolute atomic E-state index is 12.3. The third-order valence-electron chi connectivity index (χ3n) is 6.30. The van der Waals surface area contributed by atoms with Crippen LogP contribution in [0.5, 0.6) is 17.2 Å². The summed E-state index contributed by atoms with van der Waals surface area (Å²) in [6.07, 6.45) is 3.37. The van der Waals surface area contributed by atoms with Crippen molar-refractivity contribution in [1.82, 2.24) is 9.80 Å². The average molecular weight is 433 g/mol. The summed E-state index contributed by atoms with van der Waals surface area (Å²) in [4.78, 5) is 5.04. The third-order valence-corrected chi connectivity index (χ3v) is 6.30. The van der Waals surface area contributed by atoms with Gasteiger partial charge in [0.15, 0.2) is 11.5 Å². The van der Waals surface area contributed by atoms with Gasteiger partial charge >= 0.3 is 6.61 Å². The van der Waals surface area contributed by atoms with Gasteiger partial charge in [-0.2, -0.15) is 8.78 Å². The van der Waals surface area contributed by atoms with E-state index >= 15 is 0 Å². The molecule has 7 heteroatoms. The summed E-state index contributed by atoms with van der Waals surface area (Å²) >= 11 is 0. The summed E-state index contributed by atoms with van der Waals surface area (Å²) in [5.41, 5.74) is 3.77. The number of hydrogen-bond acceptors (Lipinski definition) is 5. The van der Waals surface area contributed by atoms with Gasteiger partial charge in [-0.1, -0.05) is 12.1 Å². The van der Waals surface area contributed by atoms with Gasteiger partial charge in [-0.05, 0) is 66.8 Å². The van der Waals surface area contributed by atoms with Gasteiger partial charge in [0.05, 0.1) is 14.2 Å². The molecule has 2 aliphatic rings. The Balaban J connectivity index is 1.38. The molecule has 2 aromatic carbocycles. The van der Waals surface area contributed by atoms with Crippen molar-refractivity contribution in [2.24, 2.45) is 0 Å². The molecule has 0 saturated carbocycles. The minimum absolute atomic E-state index is 0.203. The molecule has 0 bridgehead atoms. The van der Waals surface area contributed by atoms with Crippen LogP contribution < -0.4 is 14.2 Å². The Kier molecular flexibility index (Phi) is 6.92. The molecule has 4 rings (SSSR count). The Bertz CT molecular complexity index is 876. The number of rotatable bonds is 7. The minimum atomic E-state index is -2.79. The molecule has 5 nitrogen and oxygen atoms in total. The predicted octanol–water partition coefficient (Wildman–Crippen LogP) is 4.33. The topological polar surface area (TPSA) is 34.2 Å². The molecular formula is C24H30F2N2O3. The van der Waals surface area contributed by atoms with E-state index in [9.17, 15) is 8.78 Å². The largest absolute Gasteiger partial charge is 0.493 e. The Morgan fingerprint density at radius 2 is 1.71 bits per heavy atom. The second-order valence-electron chi connectivity index (χ2n) is 8.25. The number of methoxy groups -OCH3 is 2. The van der Waals surface area contributed by atoms with Crippen molar-refractivity contribution in [2.75, 3.05) is 33.9 Å². The smallest absolute Gasteiger partial charge is 0.387 e. The van der Waals surface area contributed by atoms with Crippen LogP contribution in [-0.2, 0) is 19.5 Å². The number of ether oxygens (including phenoxy) is 3. The van der Waals surface area contributed by atoms with E-state index in [2.05, 4.69) is 26.7 Å². The molecule has 2 aliphatic heterocycles. The van der Waals surface area contributed by atoms with Crippen LogP contribution in [0.25, 0.3) is 0 Å². The summed E-state index contributed by atoms with van der Waals surface area (Å²) < 4.78 is 40.1. The van der Waals surface area contributed by atoms with Crippen molar-refractivity contribution in [3.8, 4) is 17.2 Å². The van der Waals surface area contributed by atoms with Gasteiger partial charge in [0.2, 0.25) is 0 Å². The molecule has 0 spiro atoms. The number of fused-ring (bicyclic) bond motifs is 1. The molecular weight excluding hydrogens is 402 g/mol. The Labute approximate surface area is 182 Å². The number of halogens is 2. The molecule has 2 aromatic rings. The van der Waals surface area contributed by atoms with Crippen molar-refractivity contribution in [3.63, 3.8) is 0 Å². The summed E-state index contributed by atoms with van der Waals surface area (Å²) in [7, 11) is 3.35. The van der Waals surface area contributed by atoms with Gasteiger partial charge in [-0.15, -0.1) is 0 Å². The highest BCUT2D eigenvalue weighted by Gasteiger charge is 2.28. The normalized spacial score (nSPS) is 19.8. The Morgan fingerprint density at radius 3 is 2.39 bits per heavy atom. The van der Waals surface area contributed by atoms with Crippen molar-refractivity contribution in [3.05, 3.63) is 53.1 Å². The molecule has 1 saturated heterocycles. The van der Waals surface area contributed by atoms with Crippen LogP contribution in [0.1, 0.15) is 29.5 Å². The van der Waals surface area contributed by atoms with E-state index in [0.29, 0.717) is 6.04 Å². The molecule has 1 atom stereocenters. The number of benzene rings is 2. The first-order chi connectivity index (χ1) is 15.1. The van der Waals surface area contributed by atoms with Gasteiger partial charge in [0.1, 0.15) is 5.75 Å². The number of piperidine rings is 1. The van der Waals surface area contributed by atoms with E-state index in [1.54, 1.807) is 26.4 Å². The van der Waals surface area contributed by atoms with E-state index < -0.39 is 6.61 Å². The number of nitrogens with zero attached hydrogens (tertiary/aromatic N) is 2. The first-order valence-electron chi connectivity index (χ1n) is 10.8. The Hall–Kier alpha value is -2.38. The molecule has 1 unspecified atom stereocenters. The third kappa shape index (κ3) is 5.28. The predicted molar refractivity (Wildman–Crippen MR) is 115 cm³/mol. The first-order valence-corrected chi connectivity index (χ1v) is 10.8. The van der Waals surface area contributed by atoms with Crippen LogP contribution in [0.4, 0.5) is 8.78 Å². The lowest BCUT2D eigenvalue weighted by atomic mass is 9.95. The second kappa shape index (κ2) is 9.83. The average Bonchev–Trinajstić information content (AvgIpc) is 2.79. The molecule has 168 valence electrons. The summed E-state index contributed by atoms with van der Waals surface area (Å²) in [5, 5.41) is 0. The van der Waals surface area contributed by atoms with Gasteiger partial charge in [-0.25, -0.2) is 0 Å². The quantitative estimate of drug-likeness (QED) is 0.651. The molecule has 31 heavy (non-hydrogen) atoms. The first kappa shape index (κ1) is 21.8. The fraction of sp³-hybridized carbons (Fsp3) is 0.500. The zero-order valence-electron chi connectivity index (χ0n) is 18.2. The van der Waals surface area contributed by atoms with Crippen LogP contribution in [0.3, 0.4) is 0 Å². The molecule has 0 N–H and O–H groups in total. The fourth-order valence-corrected chi connectivity index (χ4v) is 4.72. The molecule has 0 aliphatic carbocycles. The highest BCUT2D eigenvalue weighted by Crippen LogP contribution is 2.34. The highest BCUT2D eigenvalue weighted by molar-refractivity contribution is 5.48. The number of hydrogen-bond donors (Lipinski definition) is 0. The minimum Gasteiger partial charge on any atom is -0.493 e. The lowest BCUT2D eigenvalue weighted by molar-refractivity contribution is -0.0498. The van der Waals surface area contributed by atoms with Crippen LogP contribution in [-0.4, -0.2) is 56.3 Å². The van der Waals surface area contributed by atoms with Gasteiger partial charge in [0.25, 0.3) is 0 Å². The SMILES string of the molecule is COc1cc2c(cc1OC)CN(C1CCCN(Cc3ccc(OC(F)F)cc3)C1)CC2. The van der Waals surface area contributed by atoms with E-state index in [1.165, 1.54) is 17.5 Å². The molecule has 1 fully saturated rings. The second-order valence-corrected chi connectivity index (χ2v) is 8.25. The molecule has 0 aromatic heterocycles. The summed E-state index contributed by atoms with van der Waals surface area (Å²) in [6, 6.07) is 11.7. The molecule has 2 heterocycles. The van der Waals surface area contributed by atoms with E-state index in [4.69, 9.17) is 9.47 Å². The lowest BCUT2D eigenvalue weighted by Crippen LogP contribution is -2.49. The van der Waals surface area contributed by atoms with Crippen molar-refractivity contribution < 1.29 is 23.0 Å². The van der Waals surface area contributed by atoms with E-state index in [-0.39, 0.29) is 5.75 Å². The zero-order valence-corrected chi connectivity index (χ0v) is 18.2. The standard InChI is InChI=1S/C24H30F2N2O3/c1-29-22-12-18-9-11-28(15-19(18)13-23(22)30-2)20-4-3-10-27(16-20)14-17-5-7-21(8-6-17)31-24(25)26/h5-8,12-13,20,24H,3-4,9-11,14-16H2,1-2H3. The zero-order chi connectivity index (χ0) is 21.8. The van der Waals surface area contributed by atoms with Crippen LogP contribution >= 0.6 is 0 Å². The van der Waals surface area contributed by atoms with Crippen LogP contribution in [0, 0.1) is 0 Å². The molecule has 0 amide bonds. The van der Waals surface area contributed by atoms with Gasteiger partial charge < -0.3 is 14.2 Å². The molecule has 0 radical (unpaired) electrons. The van der Waals surface area contributed by atoms with Gasteiger partial charge in [0, 0.05) is 32.2 Å². The van der Waals surface area contributed by atoms with Crippen LogP contribution in [0.2, 0.25) is 0 Å².